The zero-order valence-electron chi connectivity index (χ0n) is 19.3. The first kappa shape index (κ1) is 21.1. The standard InChI is InChI=1S/C28H32SSi/c1-9-10-19(3)28(23-14-11-18(2)12-15-23)21(5)20(4)24-16-13-22-17-25(30(6,7)8)29-27(22)26(24)28/h9-17H,1H2,2-8H3. The molecule has 0 saturated heterocycles. The molecule has 0 N–H and O–H groups in total. The molecule has 1 aliphatic carbocycles. The van der Waals surface area contributed by atoms with Gasteiger partial charge in [-0.3, -0.25) is 0 Å². The van der Waals surface area contributed by atoms with Crippen LogP contribution in [-0.2, 0) is 5.41 Å². The molecule has 0 saturated carbocycles. The monoisotopic (exact) mass is 428 g/mol. The number of allylic oxidation sites excluding steroid dienone is 5. The summed E-state index contributed by atoms with van der Waals surface area (Å²) < 4.78 is 3.04. The molecule has 1 atom stereocenters. The van der Waals surface area contributed by atoms with Crippen LogP contribution in [0.25, 0.3) is 15.7 Å². The van der Waals surface area contributed by atoms with E-state index in [2.05, 4.69) is 102 Å². The molecule has 2 aromatic carbocycles. The summed E-state index contributed by atoms with van der Waals surface area (Å²) in [4.78, 5) is 0. The summed E-state index contributed by atoms with van der Waals surface area (Å²) in [7, 11) is -1.38. The largest absolute Gasteiger partial charge is 0.145 e. The molecule has 30 heavy (non-hydrogen) atoms. The van der Waals surface area contributed by atoms with Crippen molar-refractivity contribution in [1.82, 2.24) is 0 Å². The Morgan fingerprint density at radius 2 is 1.67 bits per heavy atom. The van der Waals surface area contributed by atoms with Crippen LogP contribution in [0.15, 0.2) is 72.3 Å². The van der Waals surface area contributed by atoms with E-state index in [1.54, 1.807) is 4.50 Å². The number of aryl methyl sites for hydroxylation is 1. The Balaban J connectivity index is 2.18. The highest BCUT2D eigenvalue weighted by atomic mass is 32.1. The lowest BCUT2D eigenvalue weighted by atomic mass is 9.67. The maximum absolute atomic E-state index is 4.03. The van der Waals surface area contributed by atoms with Gasteiger partial charge >= 0.3 is 0 Å². The van der Waals surface area contributed by atoms with Crippen LogP contribution in [-0.4, -0.2) is 8.07 Å². The van der Waals surface area contributed by atoms with E-state index < -0.39 is 8.07 Å². The van der Waals surface area contributed by atoms with Crippen LogP contribution in [0.1, 0.15) is 43.0 Å². The summed E-state index contributed by atoms with van der Waals surface area (Å²) in [5, 5.41) is 1.39. The number of rotatable bonds is 4. The van der Waals surface area contributed by atoms with Crippen LogP contribution in [0, 0.1) is 6.92 Å². The highest BCUT2D eigenvalue weighted by Crippen LogP contribution is 2.57. The zero-order valence-corrected chi connectivity index (χ0v) is 21.1. The fourth-order valence-electron chi connectivity index (χ4n) is 5.01. The van der Waals surface area contributed by atoms with E-state index in [4.69, 9.17) is 0 Å². The normalized spacial score (nSPS) is 19.5. The molecule has 1 aromatic heterocycles. The zero-order chi connectivity index (χ0) is 21.8. The molecule has 2 heteroatoms. The molecular formula is C28H32SSi. The predicted octanol–water partition coefficient (Wildman–Crippen LogP) is 7.98. The van der Waals surface area contributed by atoms with Gasteiger partial charge in [0.05, 0.1) is 13.5 Å². The lowest BCUT2D eigenvalue weighted by molar-refractivity contribution is 0.729. The van der Waals surface area contributed by atoms with E-state index >= 15 is 0 Å². The fraction of sp³-hybridized carbons (Fsp3) is 0.286. The van der Waals surface area contributed by atoms with Crippen molar-refractivity contribution in [2.24, 2.45) is 0 Å². The molecule has 0 nitrogen and oxygen atoms in total. The van der Waals surface area contributed by atoms with Crippen LogP contribution in [0.3, 0.4) is 0 Å². The summed E-state index contributed by atoms with van der Waals surface area (Å²) >= 11 is 2.03. The van der Waals surface area contributed by atoms with Gasteiger partial charge in [-0.15, -0.1) is 11.3 Å². The van der Waals surface area contributed by atoms with Gasteiger partial charge in [0, 0.05) is 4.70 Å². The second kappa shape index (κ2) is 7.21. The van der Waals surface area contributed by atoms with Crippen LogP contribution < -0.4 is 4.50 Å². The average Bonchev–Trinajstić information content (AvgIpc) is 3.22. The van der Waals surface area contributed by atoms with Gasteiger partial charge in [-0.25, -0.2) is 0 Å². The van der Waals surface area contributed by atoms with E-state index in [0.717, 1.165) is 0 Å². The summed E-state index contributed by atoms with van der Waals surface area (Å²) in [6.45, 7) is 20.4. The van der Waals surface area contributed by atoms with Crippen molar-refractivity contribution in [2.75, 3.05) is 0 Å². The lowest BCUT2D eigenvalue weighted by Gasteiger charge is -2.35. The highest BCUT2D eigenvalue weighted by molar-refractivity contribution is 7.31. The van der Waals surface area contributed by atoms with Gasteiger partial charge < -0.3 is 0 Å². The molecule has 0 amide bonds. The molecule has 0 fully saturated rings. The maximum atomic E-state index is 4.03. The second-order valence-electron chi connectivity index (χ2n) is 9.72. The molecule has 0 bridgehead atoms. The van der Waals surface area contributed by atoms with Crippen molar-refractivity contribution >= 4 is 39.6 Å². The van der Waals surface area contributed by atoms with Gasteiger partial charge in [-0.05, 0) is 65.9 Å². The van der Waals surface area contributed by atoms with Gasteiger partial charge in [0.25, 0.3) is 0 Å². The van der Waals surface area contributed by atoms with E-state index in [1.165, 1.54) is 49.1 Å². The van der Waals surface area contributed by atoms with Crippen molar-refractivity contribution in [2.45, 2.75) is 52.8 Å². The number of hydrogen-bond acceptors (Lipinski definition) is 1. The first-order chi connectivity index (χ1) is 14.1. The minimum absolute atomic E-state index is 0.234. The van der Waals surface area contributed by atoms with Crippen molar-refractivity contribution in [3.63, 3.8) is 0 Å². The summed E-state index contributed by atoms with van der Waals surface area (Å²) in [5.41, 5.74) is 9.49. The molecule has 1 unspecified atom stereocenters. The number of benzene rings is 2. The average molecular weight is 429 g/mol. The van der Waals surface area contributed by atoms with Gasteiger partial charge in [0.1, 0.15) is 0 Å². The summed E-state index contributed by atoms with van der Waals surface area (Å²) in [6.07, 6.45) is 4.14. The van der Waals surface area contributed by atoms with E-state index in [9.17, 15) is 0 Å². The number of fused-ring (bicyclic) bond motifs is 3. The Kier molecular flexibility index (Phi) is 5.07. The number of hydrogen-bond donors (Lipinski definition) is 0. The molecular weight excluding hydrogens is 396 g/mol. The van der Waals surface area contributed by atoms with Gasteiger partial charge in [0.15, 0.2) is 0 Å². The van der Waals surface area contributed by atoms with E-state index in [-0.39, 0.29) is 5.41 Å². The Bertz CT molecular complexity index is 1210. The van der Waals surface area contributed by atoms with E-state index in [1.807, 2.05) is 17.4 Å². The van der Waals surface area contributed by atoms with Crippen molar-refractivity contribution in [1.29, 1.82) is 0 Å². The Hall–Kier alpha value is -2.16. The van der Waals surface area contributed by atoms with Crippen LogP contribution >= 0.6 is 11.3 Å². The minimum Gasteiger partial charge on any atom is -0.145 e. The summed E-state index contributed by atoms with van der Waals surface area (Å²) in [5.74, 6) is 0. The molecule has 1 aliphatic rings. The molecule has 0 radical (unpaired) electrons. The Morgan fingerprint density at radius 3 is 2.27 bits per heavy atom. The Labute approximate surface area is 186 Å². The second-order valence-corrected chi connectivity index (χ2v) is 16.2. The van der Waals surface area contributed by atoms with Crippen molar-refractivity contribution in [3.8, 4) is 0 Å². The minimum atomic E-state index is -1.38. The van der Waals surface area contributed by atoms with Crippen molar-refractivity contribution in [3.05, 3.63) is 94.6 Å². The van der Waals surface area contributed by atoms with E-state index in [0.29, 0.717) is 0 Å². The third-order valence-electron chi connectivity index (χ3n) is 6.77. The lowest BCUT2D eigenvalue weighted by Crippen LogP contribution is -2.34. The van der Waals surface area contributed by atoms with Crippen LogP contribution in [0.4, 0.5) is 0 Å². The topological polar surface area (TPSA) is 0 Å². The number of thiophene rings is 1. The smallest absolute Gasteiger partial charge is 0.0904 e. The highest BCUT2D eigenvalue weighted by Gasteiger charge is 2.46. The molecule has 4 rings (SSSR count). The van der Waals surface area contributed by atoms with Gasteiger partial charge in [-0.2, -0.15) is 0 Å². The Morgan fingerprint density at radius 1 is 1.00 bits per heavy atom. The first-order valence-electron chi connectivity index (χ1n) is 10.7. The molecule has 1 heterocycles. The maximum Gasteiger partial charge on any atom is 0.0904 e. The van der Waals surface area contributed by atoms with Gasteiger partial charge in [0.2, 0.25) is 0 Å². The third kappa shape index (κ3) is 2.92. The van der Waals surface area contributed by atoms with Gasteiger partial charge in [-0.1, -0.05) is 91.5 Å². The molecule has 3 aromatic rings. The van der Waals surface area contributed by atoms with Crippen molar-refractivity contribution < 1.29 is 0 Å². The van der Waals surface area contributed by atoms with Crippen LogP contribution in [0.5, 0.6) is 0 Å². The molecule has 0 aliphatic heterocycles. The summed E-state index contributed by atoms with van der Waals surface area (Å²) in [6, 6.07) is 16.3. The predicted molar refractivity (Wildman–Crippen MR) is 139 cm³/mol. The van der Waals surface area contributed by atoms with Crippen LogP contribution in [0.2, 0.25) is 19.6 Å². The molecule has 154 valence electrons. The third-order valence-corrected chi connectivity index (χ3v) is 11.5. The first-order valence-corrected chi connectivity index (χ1v) is 15.1. The SMILES string of the molecule is C=CC=C(C)C1(c2ccc(C)cc2)C(C)=C(C)c2ccc3cc([Si](C)(C)C)sc3c21. The quantitative estimate of drug-likeness (QED) is 0.292. The fourth-order valence-corrected chi connectivity index (χ4v) is 8.15. The molecule has 0 spiro atoms.